The molecule has 0 radical (unpaired) electrons. The number of likely N-dealkylation sites (tertiary alicyclic amines) is 1. The summed E-state index contributed by atoms with van der Waals surface area (Å²) in [5.41, 5.74) is 0.837. The third-order valence-corrected chi connectivity index (χ3v) is 8.16. The van der Waals surface area contributed by atoms with E-state index in [2.05, 4.69) is 6.92 Å². The van der Waals surface area contributed by atoms with Gasteiger partial charge in [0.1, 0.15) is 10.6 Å². The Labute approximate surface area is 192 Å². The van der Waals surface area contributed by atoms with Gasteiger partial charge in [-0.05, 0) is 49.3 Å². The van der Waals surface area contributed by atoms with Crippen LogP contribution in [0.15, 0.2) is 34.2 Å². The third-order valence-electron chi connectivity index (χ3n) is 6.09. The van der Waals surface area contributed by atoms with Crippen LogP contribution in [-0.2, 0) is 22.4 Å². The topological polar surface area (TPSA) is 72.3 Å². The van der Waals surface area contributed by atoms with Crippen molar-refractivity contribution >= 4 is 45.1 Å². The SMILES string of the molecule is CC1CCc2c(sc3nc(SCC(=O)N4CCCC4=O)n(-c4ccccc4F)c(=O)c23)C1. The highest BCUT2D eigenvalue weighted by atomic mass is 32.2. The molecule has 3 heterocycles. The van der Waals surface area contributed by atoms with Gasteiger partial charge in [0.15, 0.2) is 5.16 Å². The minimum absolute atomic E-state index is 0.0414. The van der Waals surface area contributed by atoms with Crippen molar-refractivity contribution in [2.45, 2.75) is 44.2 Å². The van der Waals surface area contributed by atoms with Crippen LogP contribution in [0.2, 0.25) is 0 Å². The largest absolute Gasteiger partial charge is 0.282 e. The molecule has 1 fully saturated rings. The molecular weight excluding hydrogens is 449 g/mol. The van der Waals surface area contributed by atoms with E-state index in [0.29, 0.717) is 35.5 Å². The minimum atomic E-state index is -0.531. The van der Waals surface area contributed by atoms with Crippen molar-refractivity contribution in [1.29, 1.82) is 0 Å². The molecular formula is C23H22FN3O3S2. The van der Waals surface area contributed by atoms with Crippen molar-refractivity contribution in [2.75, 3.05) is 12.3 Å². The number of para-hydroxylation sites is 1. The molecule has 1 aliphatic carbocycles. The zero-order valence-electron chi connectivity index (χ0n) is 17.6. The lowest BCUT2D eigenvalue weighted by Gasteiger charge is -2.18. The van der Waals surface area contributed by atoms with Crippen LogP contribution in [0.25, 0.3) is 15.9 Å². The summed E-state index contributed by atoms with van der Waals surface area (Å²) in [6.45, 7) is 2.62. The molecule has 3 aromatic rings. The third kappa shape index (κ3) is 3.67. The Kier molecular flexibility index (Phi) is 5.63. The summed E-state index contributed by atoms with van der Waals surface area (Å²) in [5.74, 6) is -0.512. The molecule has 0 bridgehead atoms. The first-order valence-electron chi connectivity index (χ1n) is 10.7. The smallest absolute Gasteiger partial charge is 0.267 e. The number of aryl methyl sites for hydroxylation is 1. The predicted molar refractivity (Wildman–Crippen MR) is 123 cm³/mol. The Morgan fingerprint density at radius 3 is 2.84 bits per heavy atom. The van der Waals surface area contributed by atoms with E-state index in [4.69, 9.17) is 4.98 Å². The number of imide groups is 1. The van der Waals surface area contributed by atoms with Crippen LogP contribution in [0.3, 0.4) is 0 Å². The number of halogens is 1. The number of carbonyl (C=O) groups excluding carboxylic acids is 2. The number of nitrogens with zero attached hydrogens (tertiary/aromatic N) is 3. The number of carbonyl (C=O) groups is 2. The van der Waals surface area contributed by atoms with Crippen molar-refractivity contribution in [1.82, 2.24) is 14.5 Å². The van der Waals surface area contributed by atoms with Gasteiger partial charge >= 0.3 is 0 Å². The molecule has 0 spiro atoms. The fourth-order valence-electron chi connectivity index (χ4n) is 4.43. The second-order valence-electron chi connectivity index (χ2n) is 8.35. The van der Waals surface area contributed by atoms with Gasteiger partial charge < -0.3 is 0 Å². The summed E-state index contributed by atoms with van der Waals surface area (Å²) in [6.07, 6.45) is 3.77. The maximum absolute atomic E-state index is 14.7. The molecule has 2 aromatic heterocycles. The molecule has 5 rings (SSSR count). The molecule has 1 aromatic carbocycles. The number of rotatable bonds is 4. The van der Waals surface area contributed by atoms with Crippen LogP contribution in [0.4, 0.5) is 4.39 Å². The predicted octanol–water partition coefficient (Wildman–Crippen LogP) is 3.95. The van der Waals surface area contributed by atoms with Crippen LogP contribution in [-0.4, -0.2) is 38.6 Å². The molecule has 32 heavy (non-hydrogen) atoms. The summed E-state index contributed by atoms with van der Waals surface area (Å²) in [4.78, 5) is 45.9. The fourth-order valence-corrected chi connectivity index (χ4v) is 6.74. The van der Waals surface area contributed by atoms with Crippen LogP contribution in [0.5, 0.6) is 0 Å². The quantitative estimate of drug-likeness (QED) is 0.426. The number of amides is 2. The maximum Gasteiger partial charge on any atom is 0.267 e. The zero-order valence-corrected chi connectivity index (χ0v) is 19.2. The van der Waals surface area contributed by atoms with Gasteiger partial charge in [0, 0.05) is 17.8 Å². The van der Waals surface area contributed by atoms with E-state index in [-0.39, 0.29) is 34.0 Å². The van der Waals surface area contributed by atoms with E-state index < -0.39 is 5.82 Å². The summed E-state index contributed by atoms with van der Waals surface area (Å²) < 4.78 is 16.0. The summed E-state index contributed by atoms with van der Waals surface area (Å²) >= 11 is 2.59. The number of benzene rings is 1. The lowest BCUT2D eigenvalue weighted by molar-refractivity contribution is -0.140. The van der Waals surface area contributed by atoms with E-state index in [1.165, 1.54) is 31.7 Å². The van der Waals surface area contributed by atoms with Crippen molar-refractivity contribution in [3.05, 3.63) is 50.9 Å². The fraction of sp³-hybridized carbons (Fsp3) is 0.391. The molecule has 1 unspecified atom stereocenters. The van der Waals surface area contributed by atoms with Crippen LogP contribution >= 0.6 is 23.1 Å². The Morgan fingerprint density at radius 1 is 1.28 bits per heavy atom. The average molecular weight is 472 g/mol. The number of thioether (sulfide) groups is 1. The van der Waals surface area contributed by atoms with Gasteiger partial charge in [0.25, 0.3) is 5.56 Å². The molecule has 1 aliphatic heterocycles. The molecule has 0 N–H and O–H groups in total. The first-order valence-corrected chi connectivity index (χ1v) is 12.5. The molecule has 166 valence electrons. The highest BCUT2D eigenvalue weighted by Gasteiger charge is 2.28. The van der Waals surface area contributed by atoms with Crippen LogP contribution in [0, 0.1) is 11.7 Å². The van der Waals surface area contributed by atoms with Gasteiger partial charge in [-0.3, -0.25) is 23.9 Å². The van der Waals surface area contributed by atoms with Crippen molar-refractivity contribution in [2.24, 2.45) is 5.92 Å². The standard InChI is InChI=1S/C23H22FN3O3S2/c1-13-8-9-14-17(11-13)32-21-20(14)22(30)27(16-6-3-2-5-15(16)24)23(25-21)31-12-19(29)26-10-4-7-18(26)28/h2-3,5-6,13H,4,7-12H2,1H3. The van der Waals surface area contributed by atoms with Gasteiger partial charge in [-0.1, -0.05) is 30.8 Å². The number of fused-ring (bicyclic) bond motifs is 3. The van der Waals surface area contributed by atoms with E-state index in [9.17, 15) is 18.8 Å². The summed E-state index contributed by atoms with van der Waals surface area (Å²) in [7, 11) is 0. The Balaban J connectivity index is 1.61. The molecule has 1 saturated heterocycles. The van der Waals surface area contributed by atoms with Gasteiger partial charge in [0.2, 0.25) is 11.8 Å². The molecule has 0 saturated carbocycles. The van der Waals surface area contributed by atoms with E-state index in [1.54, 1.807) is 18.2 Å². The highest BCUT2D eigenvalue weighted by Crippen LogP contribution is 2.37. The normalized spacial score (nSPS) is 18.4. The van der Waals surface area contributed by atoms with Crippen LogP contribution in [0.1, 0.15) is 36.6 Å². The summed E-state index contributed by atoms with van der Waals surface area (Å²) in [6, 6.07) is 6.08. The molecule has 6 nitrogen and oxygen atoms in total. The molecule has 2 amide bonds. The Hall–Kier alpha value is -2.52. The van der Waals surface area contributed by atoms with Crippen LogP contribution < -0.4 is 5.56 Å². The van der Waals surface area contributed by atoms with Crippen molar-refractivity contribution in [3.8, 4) is 5.69 Å². The van der Waals surface area contributed by atoms with Gasteiger partial charge in [-0.15, -0.1) is 11.3 Å². The first kappa shape index (κ1) is 21.3. The second-order valence-corrected chi connectivity index (χ2v) is 10.4. The lowest BCUT2D eigenvalue weighted by Crippen LogP contribution is -2.33. The van der Waals surface area contributed by atoms with E-state index in [0.717, 1.165) is 36.6 Å². The minimum Gasteiger partial charge on any atom is -0.282 e. The van der Waals surface area contributed by atoms with Crippen molar-refractivity contribution in [3.63, 3.8) is 0 Å². The Bertz CT molecular complexity index is 1300. The number of hydrogen-bond donors (Lipinski definition) is 0. The molecule has 9 heteroatoms. The number of aromatic nitrogens is 2. The number of thiophene rings is 1. The lowest BCUT2D eigenvalue weighted by atomic mass is 9.89. The average Bonchev–Trinajstić information content (AvgIpc) is 3.35. The first-order chi connectivity index (χ1) is 15.4. The maximum atomic E-state index is 14.7. The second kappa shape index (κ2) is 8.44. The van der Waals surface area contributed by atoms with E-state index >= 15 is 0 Å². The monoisotopic (exact) mass is 471 g/mol. The molecule has 1 atom stereocenters. The van der Waals surface area contributed by atoms with Gasteiger partial charge in [0.05, 0.1) is 16.8 Å². The highest BCUT2D eigenvalue weighted by molar-refractivity contribution is 7.99. The van der Waals surface area contributed by atoms with Gasteiger partial charge in [-0.25, -0.2) is 9.37 Å². The van der Waals surface area contributed by atoms with Crippen molar-refractivity contribution < 1.29 is 14.0 Å². The van der Waals surface area contributed by atoms with E-state index in [1.807, 2.05) is 0 Å². The number of hydrogen-bond acceptors (Lipinski definition) is 6. The zero-order chi connectivity index (χ0) is 22.4. The van der Waals surface area contributed by atoms with Gasteiger partial charge in [-0.2, -0.15) is 0 Å². The molecule has 2 aliphatic rings. The Morgan fingerprint density at radius 2 is 2.09 bits per heavy atom. The summed E-state index contributed by atoms with van der Waals surface area (Å²) in [5, 5.41) is 0.824.